The number of nitrogens with zero attached hydrogens (tertiary/aromatic N) is 2. The molecular weight excluding hydrogens is 462 g/mol. The zero-order valence-corrected chi connectivity index (χ0v) is 21.7. The molecule has 0 bridgehead atoms. The van der Waals surface area contributed by atoms with Gasteiger partial charge in [0.25, 0.3) is 5.91 Å². The molecule has 2 aliphatic rings. The van der Waals surface area contributed by atoms with Crippen LogP contribution in [-0.4, -0.2) is 41.2 Å². The lowest BCUT2D eigenvalue weighted by Crippen LogP contribution is -2.49. The number of rotatable bonds is 9. The molecule has 1 heterocycles. The molecule has 0 spiro atoms. The van der Waals surface area contributed by atoms with Crippen molar-refractivity contribution in [2.24, 2.45) is 0 Å². The number of hydrogen-bond donors (Lipinski definition) is 1. The first-order chi connectivity index (χ1) is 17.9. The van der Waals surface area contributed by atoms with Crippen molar-refractivity contribution in [1.82, 2.24) is 10.2 Å². The third-order valence-corrected chi connectivity index (χ3v) is 7.89. The van der Waals surface area contributed by atoms with Crippen LogP contribution in [0.2, 0.25) is 0 Å². The molecule has 5 rings (SSSR count). The van der Waals surface area contributed by atoms with Gasteiger partial charge in [0.15, 0.2) is 0 Å². The van der Waals surface area contributed by atoms with Crippen molar-refractivity contribution in [1.29, 1.82) is 0 Å². The van der Waals surface area contributed by atoms with Crippen LogP contribution in [0.4, 0.5) is 5.69 Å². The molecule has 1 unspecified atom stereocenters. The molecule has 1 aliphatic carbocycles. The molecule has 0 radical (unpaired) electrons. The molecule has 1 N–H and O–H groups in total. The highest BCUT2D eigenvalue weighted by Gasteiger charge is 2.31. The fourth-order valence-electron chi connectivity index (χ4n) is 5.68. The van der Waals surface area contributed by atoms with Gasteiger partial charge in [0.05, 0.1) is 5.69 Å². The molecule has 6 heteroatoms. The Morgan fingerprint density at radius 1 is 1.03 bits per heavy atom. The molecule has 1 aliphatic heterocycles. The van der Waals surface area contributed by atoms with Gasteiger partial charge in [-0.1, -0.05) is 61.4 Å². The molecule has 37 heavy (non-hydrogen) atoms. The quantitative estimate of drug-likeness (QED) is 0.432. The van der Waals surface area contributed by atoms with Gasteiger partial charge in [0.2, 0.25) is 11.8 Å². The summed E-state index contributed by atoms with van der Waals surface area (Å²) in [5, 5.41) is 5.19. The van der Waals surface area contributed by atoms with Crippen LogP contribution < -0.4 is 10.2 Å². The van der Waals surface area contributed by atoms with E-state index in [-0.39, 0.29) is 30.2 Å². The third kappa shape index (κ3) is 5.10. The summed E-state index contributed by atoms with van der Waals surface area (Å²) in [6, 6.07) is 19.4. The van der Waals surface area contributed by atoms with Gasteiger partial charge in [0.1, 0.15) is 6.04 Å². The van der Waals surface area contributed by atoms with E-state index in [1.165, 1.54) is 0 Å². The lowest BCUT2D eigenvalue weighted by atomic mass is 10.1. The summed E-state index contributed by atoms with van der Waals surface area (Å²) in [4.78, 5) is 43.3. The predicted octanol–water partition coefficient (Wildman–Crippen LogP) is 5.36. The number of benzene rings is 3. The predicted molar refractivity (Wildman–Crippen MR) is 146 cm³/mol. The van der Waals surface area contributed by atoms with Crippen molar-refractivity contribution < 1.29 is 14.4 Å². The van der Waals surface area contributed by atoms with Crippen LogP contribution >= 0.6 is 0 Å². The number of nitrogens with one attached hydrogen (secondary N) is 1. The van der Waals surface area contributed by atoms with Crippen molar-refractivity contribution in [2.45, 2.75) is 71.0 Å². The number of aryl methyl sites for hydroxylation is 1. The summed E-state index contributed by atoms with van der Waals surface area (Å²) in [5.41, 5.74) is 3.76. The topological polar surface area (TPSA) is 69.7 Å². The second kappa shape index (κ2) is 10.8. The lowest BCUT2D eigenvalue weighted by molar-refractivity contribution is -0.141. The summed E-state index contributed by atoms with van der Waals surface area (Å²) >= 11 is 0. The first-order valence-electron chi connectivity index (χ1n) is 13.4. The second-order valence-electron chi connectivity index (χ2n) is 10.4. The first-order valence-corrected chi connectivity index (χ1v) is 13.4. The van der Waals surface area contributed by atoms with Gasteiger partial charge in [-0.15, -0.1) is 0 Å². The van der Waals surface area contributed by atoms with Crippen LogP contribution in [0, 0.1) is 6.92 Å². The monoisotopic (exact) mass is 497 g/mol. The Labute approximate surface area is 218 Å². The third-order valence-electron chi connectivity index (χ3n) is 7.89. The Morgan fingerprint density at radius 3 is 2.51 bits per heavy atom. The fraction of sp³-hybridized carbons (Fsp3) is 0.387. The zero-order chi connectivity index (χ0) is 25.9. The van der Waals surface area contributed by atoms with E-state index in [9.17, 15) is 14.4 Å². The van der Waals surface area contributed by atoms with Gasteiger partial charge in [-0.2, -0.15) is 0 Å². The standard InChI is InChI=1S/C31H35N3O3/c1-21-10-3-4-11-24(21)20-34(22(2)30(36)32-25-14-5-6-15-25)28(35)18-9-19-33-27-17-8-13-23-12-7-16-26(29(23)27)31(33)37/h3-4,7-8,10-13,16-17,22,25H,5-6,9,14-15,18-20H2,1-2H3,(H,32,36). The van der Waals surface area contributed by atoms with Gasteiger partial charge < -0.3 is 15.1 Å². The van der Waals surface area contributed by atoms with Gasteiger partial charge in [-0.05, 0) is 61.8 Å². The van der Waals surface area contributed by atoms with E-state index in [0.717, 1.165) is 58.8 Å². The Morgan fingerprint density at radius 2 is 1.76 bits per heavy atom. The highest BCUT2D eigenvalue weighted by molar-refractivity contribution is 6.25. The molecule has 6 nitrogen and oxygen atoms in total. The molecule has 1 fully saturated rings. The zero-order valence-electron chi connectivity index (χ0n) is 21.7. The minimum absolute atomic E-state index is 0.0136. The molecular formula is C31H35N3O3. The molecule has 0 aromatic heterocycles. The van der Waals surface area contributed by atoms with Crippen LogP contribution in [-0.2, 0) is 16.1 Å². The van der Waals surface area contributed by atoms with Crippen molar-refractivity contribution in [3.05, 3.63) is 77.4 Å². The number of anilines is 1. The van der Waals surface area contributed by atoms with Crippen LogP contribution in [0.3, 0.4) is 0 Å². The van der Waals surface area contributed by atoms with Gasteiger partial charge in [0, 0.05) is 36.5 Å². The van der Waals surface area contributed by atoms with E-state index in [2.05, 4.69) is 5.32 Å². The van der Waals surface area contributed by atoms with Crippen LogP contribution in [0.1, 0.15) is 66.9 Å². The van der Waals surface area contributed by atoms with E-state index in [0.29, 0.717) is 19.5 Å². The molecule has 3 aromatic rings. The molecule has 1 atom stereocenters. The Bertz CT molecular complexity index is 1320. The average molecular weight is 498 g/mol. The number of carbonyl (C=O) groups is 3. The average Bonchev–Trinajstić information content (AvgIpc) is 3.51. The summed E-state index contributed by atoms with van der Waals surface area (Å²) in [7, 11) is 0. The van der Waals surface area contributed by atoms with Gasteiger partial charge >= 0.3 is 0 Å². The Kier molecular flexibility index (Phi) is 7.26. The van der Waals surface area contributed by atoms with Crippen LogP contribution in [0.5, 0.6) is 0 Å². The largest absolute Gasteiger partial charge is 0.352 e. The Balaban J connectivity index is 1.28. The summed E-state index contributed by atoms with van der Waals surface area (Å²) in [5.74, 6) is -0.175. The molecule has 0 saturated heterocycles. The Hall–Kier alpha value is -3.67. The van der Waals surface area contributed by atoms with Gasteiger partial charge in [-0.3, -0.25) is 14.4 Å². The minimum Gasteiger partial charge on any atom is -0.352 e. The number of carbonyl (C=O) groups excluding carboxylic acids is 3. The van der Waals surface area contributed by atoms with Crippen molar-refractivity contribution in [2.75, 3.05) is 11.4 Å². The lowest BCUT2D eigenvalue weighted by Gasteiger charge is -2.30. The van der Waals surface area contributed by atoms with E-state index in [1.807, 2.05) is 74.5 Å². The first kappa shape index (κ1) is 25.0. The van der Waals surface area contributed by atoms with E-state index in [1.54, 1.807) is 9.80 Å². The smallest absolute Gasteiger partial charge is 0.258 e. The van der Waals surface area contributed by atoms with Crippen molar-refractivity contribution in [3.8, 4) is 0 Å². The highest BCUT2D eigenvalue weighted by atomic mass is 16.2. The van der Waals surface area contributed by atoms with E-state index in [4.69, 9.17) is 0 Å². The molecule has 3 amide bonds. The van der Waals surface area contributed by atoms with Gasteiger partial charge in [-0.25, -0.2) is 0 Å². The number of amides is 3. The van der Waals surface area contributed by atoms with Crippen LogP contribution in [0.15, 0.2) is 60.7 Å². The van der Waals surface area contributed by atoms with E-state index < -0.39 is 6.04 Å². The maximum Gasteiger partial charge on any atom is 0.258 e. The van der Waals surface area contributed by atoms with Crippen molar-refractivity contribution >= 4 is 34.2 Å². The summed E-state index contributed by atoms with van der Waals surface area (Å²) < 4.78 is 0. The van der Waals surface area contributed by atoms with E-state index >= 15 is 0 Å². The normalized spacial score (nSPS) is 15.8. The molecule has 1 saturated carbocycles. The SMILES string of the molecule is Cc1ccccc1CN(C(=O)CCCN1C(=O)c2cccc3cccc1c23)C(C)C(=O)NC1CCCC1. The summed E-state index contributed by atoms with van der Waals surface area (Å²) in [6.45, 7) is 4.69. The molecule has 3 aromatic carbocycles. The highest BCUT2D eigenvalue weighted by Crippen LogP contribution is 2.37. The molecule has 192 valence electrons. The maximum absolute atomic E-state index is 13.5. The van der Waals surface area contributed by atoms with Crippen molar-refractivity contribution in [3.63, 3.8) is 0 Å². The second-order valence-corrected chi connectivity index (χ2v) is 10.4. The fourth-order valence-corrected chi connectivity index (χ4v) is 5.68. The summed E-state index contributed by atoms with van der Waals surface area (Å²) in [6.07, 6.45) is 5.07. The number of hydrogen-bond acceptors (Lipinski definition) is 3. The van der Waals surface area contributed by atoms with Crippen LogP contribution in [0.25, 0.3) is 10.8 Å². The maximum atomic E-state index is 13.5. The minimum atomic E-state index is -0.570.